The number of nitrogen functional groups attached to an aromatic ring is 1. The van der Waals surface area contributed by atoms with Gasteiger partial charge in [-0.3, -0.25) is 9.48 Å². The lowest BCUT2D eigenvalue weighted by Crippen LogP contribution is -2.22. The molecule has 1 amide bonds. The van der Waals surface area contributed by atoms with Gasteiger partial charge in [0.05, 0.1) is 11.9 Å². The third-order valence-corrected chi connectivity index (χ3v) is 3.22. The minimum Gasteiger partial charge on any atom is -0.375 e. The van der Waals surface area contributed by atoms with Crippen LogP contribution in [0.15, 0.2) is 12.4 Å². The molecule has 0 aliphatic rings. The summed E-state index contributed by atoms with van der Waals surface area (Å²) in [5, 5.41) is 7.24. The van der Waals surface area contributed by atoms with Crippen molar-refractivity contribution in [3.05, 3.63) is 28.5 Å². The molecule has 3 N–H and O–H groups in total. The number of nitrogens with zero attached hydrogens (tertiary/aromatic N) is 3. The number of rotatable bonds is 3. The number of carbonyl (C=O) groups excluding carboxylic acids is 1. The fraction of sp³-hybridized carbons (Fsp3) is 0.300. The van der Waals surface area contributed by atoms with Crippen LogP contribution >= 0.6 is 11.3 Å². The van der Waals surface area contributed by atoms with Crippen molar-refractivity contribution in [2.45, 2.75) is 13.5 Å². The van der Waals surface area contributed by atoms with Crippen molar-refractivity contribution < 1.29 is 4.79 Å². The van der Waals surface area contributed by atoms with E-state index in [0.29, 0.717) is 22.2 Å². The number of carbonyl (C=O) groups is 1. The zero-order chi connectivity index (χ0) is 12.4. The van der Waals surface area contributed by atoms with Gasteiger partial charge in [-0.05, 0) is 6.92 Å². The van der Waals surface area contributed by atoms with Crippen LogP contribution in [-0.4, -0.2) is 20.7 Å². The van der Waals surface area contributed by atoms with E-state index < -0.39 is 0 Å². The number of aryl methyl sites for hydroxylation is 2. The molecule has 90 valence electrons. The van der Waals surface area contributed by atoms with Gasteiger partial charge in [-0.25, -0.2) is 4.98 Å². The Morgan fingerprint density at radius 1 is 1.65 bits per heavy atom. The van der Waals surface area contributed by atoms with Crippen molar-refractivity contribution in [3.63, 3.8) is 0 Å². The molecule has 7 heteroatoms. The highest BCUT2D eigenvalue weighted by molar-refractivity contribution is 7.17. The van der Waals surface area contributed by atoms with E-state index >= 15 is 0 Å². The van der Waals surface area contributed by atoms with Crippen molar-refractivity contribution in [1.82, 2.24) is 20.1 Å². The molecule has 0 spiro atoms. The molecule has 0 saturated carbocycles. The first kappa shape index (κ1) is 11.6. The first-order valence-electron chi connectivity index (χ1n) is 5.05. The quantitative estimate of drug-likeness (QED) is 0.840. The molecule has 0 fully saturated rings. The molecule has 17 heavy (non-hydrogen) atoms. The summed E-state index contributed by atoms with van der Waals surface area (Å²) in [6, 6.07) is 0. The monoisotopic (exact) mass is 251 g/mol. The van der Waals surface area contributed by atoms with Crippen molar-refractivity contribution in [1.29, 1.82) is 0 Å². The predicted molar refractivity (Wildman–Crippen MR) is 65.6 cm³/mol. The number of anilines is 1. The van der Waals surface area contributed by atoms with Gasteiger partial charge in [-0.1, -0.05) is 11.3 Å². The molecular weight excluding hydrogens is 238 g/mol. The van der Waals surface area contributed by atoms with E-state index in [0.717, 1.165) is 5.56 Å². The number of nitrogens with two attached hydrogens (primary N) is 1. The summed E-state index contributed by atoms with van der Waals surface area (Å²) in [6.45, 7) is 2.22. The Balaban J connectivity index is 2.00. The van der Waals surface area contributed by atoms with E-state index in [2.05, 4.69) is 15.4 Å². The van der Waals surface area contributed by atoms with E-state index in [1.54, 1.807) is 17.8 Å². The molecule has 0 atom stereocenters. The molecule has 0 aliphatic carbocycles. The smallest absolute Gasteiger partial charge is 0.263 e. The average molecular weight is 251 g/mol. The summed E-state index contributed by atoms with van der Waals surface area (Å²) < 4.78 is 1.69. The Hall–Kier alpha value is -1.89. The highest BCUT2D eigenvalue weighted by Crippen LogP contribution is 2.19. The first-order chi connectivity index (χ1) is 8.06. The lowest BCUT2D eigenvalue weighted by Gasteiger charge is -2.01. The fourth-order valence-electron chi connectivity index (χ4n) is 1.45. The summed E-state index contributed by atoms with van der Waals surface area (Å²) in [6.07, 6.45) is 3.57. The lowest BCUT2D eigenvalue weighted by atomic mass is 10.3. The standard InChI is InChI=1S/C10H13N5OS/c1-6-8(17-10(11)14-6)9(16)12-3-7-4-13-15(2)5-7/h4-5H,3H2,1-2H3,(H2,11,14)(H,12,16). The highest BCUT2D eigenvalue weighted by atomic mass is 32.1. The second-order valence-corrected chi connectivity index (χ2v) is 4.70. The maximum atomic E-state index is 11.8. The third kappa shape index (κ3) is 2.62. The van der Waals surface area contributed by atoms with E-state index in [1.165, 1.54) is 11.3 Å². The minimum atomic E-state index is -0.152. The molecule has 0 bridgehead atoms. The summed E-state index contributed by atoms with van der Waals surface area (Å²) >= 11 is 1.20. The first-order valence-corrected chi connectivity index (χ1v) is 5.86. The molecule has 2 rings (SSSR count). The maximum Gasteiger partial charge on any atom is 0.263 e. The van der Waals surface area contributed by atoms with Crippen LogP contribution in [0.25, 0.3) is 0 Å². The van der Waals surface area contributed by atoms with Gasteiger partial charge in [0.15, 0.2) is 5.13 Å². The van der Waals surface area contributed by atoms with Gasteiger partial charge < -0.3 is 11.1 Å². The van der Waals surface area contributed by atoms with E-state index in [4.69, 9.17) is 5.73 Å². The Morgan fingerprint density at radius 2 is 2.41 bits per heavy atom. The van der Waals surface area contributed by atoms with E-state index in [9.17, 15) is 4.79 Å². The number of aromatic nitrogens is 3. The number of amides is 1. The fourth-order valence-corrected chi connectivity index (χ4v) is 2.20. The van der Waals surface area contributed by atoms with Gasteiger partial charge in [0, 0.05) is 25.4 Å². The van der Waals surface area contributed by atoms with Crippen LogP contribution in [0.4, 0.5) is 5.13 Å². The van der Waals surface area contributed by atoms with Crippen LogP contribution in [-0.2, 0) is 13.6 Å². The van der Waals surface area contributed by atoms with Gasteiger partial charge in [0.2, 0.25) is 0 Å². The SMILES string of the molecule is Cc1nc(N)sc1C(=O)NCc1cnn(C)c1. The second-order valence-electron chi connectivity index (χ2n) is 3.67. The molecule has 0 saturated heterocycles. The van der Waals surface area contributed by atoms with E-state index in [-0.39, 0.29) is 5.91 Å². The summed E-state index contributed by atoms with van der Waals surface area (Å²) in [4.78, 5) is 16.4. The lowest BCUT2D eigenvalue weighted by molar-refractivity contribution is 0.0954. The molecule has 0 radical (unpaired) electrons. The van der Waals surface area contributed by atoms with Crippen molar-refractivity contribution in [2.24, 2.45) is 7.05 Å². The Morgan fingerprint density at radius 3 is 2.94 bits per heavy atom. The Kier molecular flexibility index (Phi) is 3.10. The van der Waals surface area contributed by atoms with Crippen molar-refractivity contribution in [2.75, 3.05) is 5.73 Å². The number of nitrogens with one attached hydrogen (secondary N) is 1. The Labute approximate surface area is 102 Å². The van der Waals surface area contributed by atoms with Crippen LogP contribution < -0.4 is 11.1 Å². The molecule has 6 nitrogen and oxygen atoms in total. The van der Waals surface area contributed by atoms with Crippen LogP contribution in [0, 0.1) is 6.92 Å². The third-order valence-electron chi connectivity index (χ3n) is 2.23. The van der Waals surface area contributed by atoms with Crippen LogP contribution in [0.1, 0.15) is 20.9 Å². The molecule has 0 aromatic carbocycles. The maximum absolute atomic E-state index is 11.8. The molecule has 2 heterocycles. The van der Waals surface area contributed by atoms with E-state index in [1.807, 2.05) is 13.2 Å². The summed E-state index contributed by atoms with van der Waals surface area (Å²) in [5.41, 5.74) is 7.16. The predicted octanol–water partition coefficient (Wildman–Crippen LogP) is 0.697. The average Bonchev–Trinajstić information content (AvgIpc) is 2.81. The summed E-state index contributed by atoms with van der Waals surface area (Å²) in [7, 11) is 1.83. The normalized spacial score (nSPS) is 10.5. The number of hydrogen-bond acceptors (Lipinski definition) is 5. The van der Waals surface area contributed by atoms with Gasteiger partial charge >= 0.3 is 0 Å². The molecular formula is C10H13N5OS. The van der Waals surface area contributed by atoms with Gasteiger partial charge in [-0.2, -0.15) is 5.10 Å². The minimum absolute atomic E-state index is 0.152. The molecule has 2 aromatic rings. The van der Waals surface area contributed by atoms with Crippen LogP contribution in [0.3, 0.4) is 0 Å². The molecule has 2 aromatic heterocycles. The second kappa shape index (κ2) is 4.54. The highest BCUT2D eigenvalue weighted by Gasteiger charge is 2.13. The van der Waals surface area contributed by atoms with Crippen LogP contribution in [0.2, 0.25) is 0 Å². The number of hydrogen-bond donors (Lipinski definition) is 2. The van der Waals surface area contributed by atoms with Crippen molar-refractivity contribution >= 4 is 22.4 Å². The molecule has 0 aliphatic heterocycles. The zero-order valence-corrected chi connectivity index (χ0v) is 10.4. The van der Waals surface area contributed by atoms with Gasteiger partial charge in [-0.15, -0.1) is 0 Å². The van der Waals surface area contributed by atoms with Gasteiger partial charge in [0.25, 0.3) is 5.91 Å². The van der Waals surface area contributed by atoms with Crippen molar-refractivity contribution in [3.8, 4) is 0 Å². The van der Waals surface area contributed by atoms with Gasteiger partial charge in [0.1, 0.15) is 4.88 Å². The molecule has 0 unspecified atom stereocenters. The Bertz CT molecular complexity index is 545. The zero-order valence-electron chi connectivity index (χ0n) is 9.60. The topological polar surface area (TPSA) is 85.8 Å². The number of thiazole rings is 1. The largest absolute Gasteiger partial charge is 0.375 e. The van der Waals surface area contributed by atoms with Crippen LogP contribution in [0.5, 0.6) is 0 Å². The summed E-state index contributed by atoms with van der Waals surface area (Å²) in [5.74, 6) is -0.152.